The molecule has 6 heteroatoms. The van der Waals surface area contributed by atoms with Gasteiger partial charge in [0.15, 0.2) is 0 Å². The molecule has 6 nitrogen and oxygen atoms in total. The minimum absolute atomic E-state index is 0.00471. The molecule has 0 amide bonds. The number of rotatable bonds is 3. The summed E-state index contributed by atoms with van der Waals surface area (Å²) in [5.74, 6) is 1.15. The molecule has 30 heavy (non-hydrogen) atoms. The summed E-state index contributed by atoms with van der Waals surface area (Å²) in [5, 5.41) is 24.2. The fraction of sp³-hybridized carbons (Fsp3) is 0.833. The number of hydrogen-bond donors (Lipinski definition) is 2. The smallest absolute Gasteiger partial charge is 0.302 e. The van der Waals surface area contributed by atoms with Crippen molar-refractivity contribution in [3.63, 3.8) is 0 Å². The Morgan fingerprint density at radius 2 is 1.93 bits per heavy atom. The number of fused-ring (bicyclic) bond motifs is 5. The van der Waals surface area contributed by atoms with Gasteiger partial charge in [-0.25, -0.2) is 0 Å². The van der Waals surface area contributed by atoms with Gasteiger partial charge in [0.2, 0.25) is 0 Å². The van der Waals surface area contributed by atoms with Gasteiger partial charge in [0.1, 0.15) is 11.7 Å². The van der Waals surface area contributed by atoms with Crippen molar-refractivity contribution in [1.29, 1.82) is 0 Å². The summed E-state index contributed by atoms with van der Waals surface area (Å²) in [6.45, 7) is 7.88. The van der Waals surface area contributed by atoms with E-state index >= 15 is 0 Å². The van der Waals surface area contributed by atoms with E-state index in [-0.39, 0.29) is 22.9 Å². The molecule has 0 radical (unpaired) electrons. The molecule has 4 rings (SSSR count). The van der Waals surface area contributed by atoms with Gasteiger partial charge in [-0.3, -0.25) is 4.79 Å². The van der Waals surface area contributed by atoms with Crippen LogP contribution in [0.5, 0.6) is 0 Å². The largest absolute Gasteiger partial charge is 0.462 e. The van der Waals surface area contributed by atoms with Crippen molar-refractivity contribution in [2.45, 2.75) is 90.4 Å². The lowest BCUT2D eigenvalue weighted by molar-refractivity contribution is -0.149. The molecule has 0 spiro atoms. The highest BCUT2D eigenvalue weighted by molar-refractivity contribution is 5.92. The number of aliphatic hydroxyl groups excluding tert-OH is 1. The first-order chi connectivity index (χ1) is 14.1. The van der Waals surface area contributed by atoms with Gasteiger partial charge in [0.05, 0.1) is 11.8 Å². The van der Waals surface area contributed by atoms with E-state index in [1.807, 2.05) is 0 Å². The maximum atomic E-state index is 11.4. The molecule has 168 valence electrons. The van der Waals surface area contributed by atoms with E-state index in [0.29, 0.717) is 29.9 Å². The third-order valence-corrected chi connectivity index (χ3v) is 9.59. The molecule has 0 aromatic heterocycles. The van der Waals surface area contributed by atoms with Crippen LogP contribution in [0.15, 0.2) is 16.8 Å². The maximum absolute atomic E-state index is 11.4. The van der Waals surface area contributed by atoms with Crippen molar-refractivity contribution >= 4 is 11.7 Å². The molecule has 0 aromatic rings. The van der Waals surface area contributed by atoms with Gasteiger partial charge in [-0.15, -0.1) is 0 Å². The number of esters is 1. The van der Waals surface area contributed by atoms with Crippen LogP contribution in [0, 0.1) is 28.6 Å². The molecule has 0 saturated heterocycles. The fourth-order valence-corrected chi connectivity index (χ4v) is 8.21. The second kappa shape index (κ2) is 7.33. The number of allylic oxidation sites excluding steroid dienone is 1. The molecule has 0 heterocycles. The van der Waals surface area contributed by atoms with Gasteiger partial charge in [-0.05, 0) is 68.6 Å². The quantitative estimate of drug-likeness (QED) is 0.236. The highest BCUT2D eigenvalue weighted by Gasteiger charge is 2.69. The maximum Gasteiger partial charge on any atom is 0.302 e. The first kappa shape index (κ1) is 21.8. The van der Waals surface area contributed by atoms with Crippen LogP contribution in [0.2, 0.25) is 0 Å². The van der Waals surface area contributed by atoms with Crippen LogP contribution in [0.4, 0.5) is 0 Å². The minimum Gasteiger partial charge on any atom is -0.462 e. The highest BCUT2D eigenvalue weighted by Crippen LogP contribution is 2.68. The first-order valence-corrected chi connectivity index (χ1v) is 11.4. The number of methoxy groups -OCH3 is 1. The van der Waals surface area contributed by atoms with Gasteiger partial charge in [0, 0.05) is 25.9 Å². The number of ether oxygens (including phenoxy) is 2. The summed E-state index contributed by atoms with van der Waals surface area (Å²) in [4.78, 5) is 11.4. The Morgan fingerprint density at radius 3 is 2.57 bits per heavy atom. The standard InChI is InChI=1S/C24H37NO5/c1-14(25-28)24(29-5)21(27)13-20-18-7-6-16-12-17(30-15(2)26)8-10-22(16,3)19(18)9-11-23(20,24)4/h6,17-21,27-28H,7-13H2,1-5H3. The number of oxime groups is 1. The monoisotopic (exact) mass is 419 g/mol. The summed E-state index contributed by atoms with van der Waals surface area (Å²) in [5.41, 5.74) is 0.852. The topological polar surface area (TPSA) is 88.3 Å². The average Bonchev–Trinajstić information content (AvgIpc) is 2.94. The second-order valence-corrected chi connectivity index (χ2v) is 10.6. The number of carbonyl (C=O) groups excluding carboxylic acids is 1. The molecule has 2 N–H and O–H groups in total. The molecule has 3 saturated carbocycles. The third-order valence-electron chi connectivity index (χ3n) is 9.59. The normalized spacial score (nSPS) is 48.3. The zero-order valence-electron chi connectivity index (χ0n) is 19.0. The molecular weight excluding hydrogens is 382 g/mol. The Balaban J connectivity index is 1.66. The summed E-state index contributed by atoms with van der Waals surface area (Å²) >= 11 is 0. The predicted octanol–water partition coefficient (Wildman–Crippen LogP) is 4.09. The van der Waals surface area contributed by atoms with E-state index in [4.69, 9.17) is 9.47 Å². The van der Waals surface area contributed by atoms with Crippen LogP contribution < -0.4 is 0 Å². The van der Waals surface area contributed by atoms with Gasteiger partial charge in [0.25, 0.3) is 0 Å². The summed E-state index contributed by atoms with van der Waals surface area (Å²) in [6.07, 6.45) is 8.20. The van der Waals surface area contributed by atoms with Crippen molar-refractivity contribution in [1.82, 2.24) is 0 Å². The molecule has 0 aliphatic heterocycles. The van der Waals surface area contributed by atoms with Crippen molar-refractivity contribution in [2.24, 2.45) is 33.7 Å². The summed E-state index contributed by atoms with van der Waals surface area (Å²) in [6, 6.07) is 0. The number of carbonyl (C=O) groups is 1. The molecular formula is C24H37NO5. The lowest BCUT2D eigenvalue weighted by Crippen LogP contribution is -2.60. The predicted molar refractivity (Wildman–Crippen MR) is 113 cm³/mol. The Morgan fingerprint density at radius 1 is 1.20 bits per heavy atom. The zero-order valence-corrected chi connectivity index (χ0v) is 19.0. The van der Waals surface area contributed by atoms with Crippen LogP contribution in [0.25, 0.3) is 0 Å². The third kappa shape index (κ3) is 2.75. The molecule has 8 unspecified atom stereocenters. The molecule has 3 fully saturated rings. The molecule has 4 aliphatic carbocycles. The van der Waals surface area contributed by atoms with Gasteiger partial charge in [-0.2, -0.15) is 0 Å². The average molecular weight is 420 g/mol. The van der Waals surface area contributed by atoms with E-state index in [2.05, 4.69) is 25.1 Å². The van der Waals surface area contributed by atoms with Crippen molar-refractivity contribution in [3.05, 3.63) is 11.6 Å². The van der Waals surface area contributed by atoms with Crippen LogP contribution in [-0.2, 0) is 14.3 Å². The zero-order chi connectivity index (χ0) is 21.9. The Hall–Kier alpha value is -1.40. The summed E-state index contributed by atoms with van der Waals surface area (Å²) < 4.78 is 11.5. The Bertz CT molecular complexity index is 778. The summed E-state index contributed by atoms with van der Waals surface area (Å²) in [7, 11) is 1.63. The fourth-order valence-electron chi connectivity index (χ4n) is 8.21. The van der Waals surface area contributed by atoms with Crippen molar-refractivity contribution < 1.29 is 24.6 Å². The lowest BCUT2D eigenvalue weighted by atomic mass is 9.46. The Labute approximate surface area is 179 Å². The first-order valence-electron chi connectivity index (χ1n) is 11.4. The molecule has 0 aromatic carbocycles. The van der Waals surface area contributed by atoms with Crippen LogP contribution in [-0.4, -0.2) is 46.9 Å². The second-order valence-electron chi connectivity index (χ2n) is 10.6. The molecule has 0 bridgehead atoms. The number of nitrogens with zero attached hydrogens (tertiary/aromatic N) is 1. The minimum atomic E-state index is -0.935. The Kier molecular flexibility index (Phi) is 5.33. The van der Waals surface area contributed by atoms with Crippen molar-refractivity contribution in [3.8, 4) is 0 Å². The number of hydrogen-bond acceptors (Lipinski definition) is 6. The SMILES string of the molecule is COC1(C(C)=NO)C(O)CC2C3CC=C4CC(OC(C)=O)CCC4(C)C3CCC21C. The van der Waals surface area contributed by atoms with Crippen LogP contribution in [0.1, 0.15) is 72.6 Å². The van der Waals surface area contributed by atoms with E-state index in [9.17, 15) is 15.1 Å². The molecule has 4 aliphatic rings. The van der Waals surface area contributed by atoms with E-state index in [1.165, 1.54) is 12.5 Å². The van der Waals surface area contributed by atoms with Crippen LogP contribution in [0.3, 0.4) is 0 Å². The van der Waals surface area contributed by atoms with E-state index in [0.717, 1.165) is 38.5 Å². The van der Waals surface area contributed by atoms with E-state index in [1.54, 1.807) is 14.0 Å². The van der Waals surface area contributed by atoms with Crippen LogP contribution >= 0.6 is 0 Å². The van der Waals surface area contributed by atoms with Gasteiger partial charge >= 0.3 is 5.97 Å². The highest BCUT2D eigenvalue weighted by atomic mass is 16.5. The van der Waals surface area contributed by atoms with Gasteiger partial charge < -0.3 is 19.8 Å². The van der Waals surface area contributed by atoms with E-state index < -0.39 is 11.7 Å². The lowest BCUT2D eigenvalue weighted by Gasteiger charge is -2.59. The molecule has 8 atom stereocenters. The van der Waals surface area contributed by atoms with Crippen molar-refractivity contribution in [2.75, 3.05) is 7.11 Å². The van der Waals surface area contributed by atoms with Gasteiger partial charge in [-0.1, -0.05) is 30.7 Å². The number of aliphatic hydroxyl groups is 1.